The van der Waals surface area contributed by atoms with E-state index in [9.17, 15) is 9.90 Å². The predicted octanol–water partition coefficient (Wildman–Crippen LogP) is 4.11. The molecule has 128 valence electrons. The summed E-state index contributed by atoms with van der Waals surface area (Å²) in [5.41, 5.74) is 5.43. The van der Waals surface area contributed by atoms with Crippen molar-refractivity contribution in [3.8, 4) is 11.1 Å². The second-order valence-electron chi connectivity index (χ2n) is 6.63. The van der Waals surface area contributed by atoms with Crippen LogP contribution in [-0.4, -0.2) is 22.6 Å². The molecule has 4 rings (SSSR count). The fourth-order valence-electron chi connectivity index (χ4n) is 3.50. The van der Waals surface area contributed by atoms with Crippen molar-refractivity contribution in [3.05, 3.63) is 52.0 Å². The summed E-state index contributed by atoms with van der Waals surface area (Å²) in [6.45, 7) is 5.62. The number of rotatable bonds is 3. The van der Waals surface area contributed by atoms with E-state index in [4.69, 9.17) is 0 Å². The molecule has 3 heterocycles. The van der Waals surface area contributed by atoms with Gasteiger partial charge in [-0.2, -0.15) is 0 Å². The molecule has 4 nitrogen and oxygen atoms in total. The number of benzene rings is 1. The number of carbonyl (C=O) groups is 1. The number of thiophene rings is 1. The Hall–Kier alpha value is -2.24. The van der Waals surface area contributed by atoms with Gasteiger partial charge in [0.1, 0.15) is 4.83 Å². The molecule has 2 N–H and O–H groups in total. The first-order valence-electron chi connectivity index (χ1n) is 8.50. The van der Waals surface area contributed by atoms with E-state index in [0.29, 0.717) is 0 Å². The van der Waals surface area contributed by atoms with Gasteiger partial charge in [-0.05, 0) is 49.1 Å². The topological polar surface area (TPSA) is 62.2 Å². The average molecular weight is 352 g/mol. The maximum atomic E-state index is 11.7. The quantitative estimate of drug-likeness (QED) is 0.745. The summed E-state index contributed by atoms with van der Waals surface area (Å²) < 4.78 is 0. The number of aryl methyl sites for hydroxylation is 1. The van der Waals surface area contributed by atoms with Gasteiger partial charge in [-0.3, -0.25) is 4.79 Å². The highest BCUT2D eigenvalue weighted by molar-refractivity contribution is 7.19. The van der Waals surface area contributed by atoms with Gasteiger partial charge in [-0.25, -0.2) is 4.98 Å². The van der Waals surface area contributed by atoms with Crippen LogP contribution in [0.25, 0.3) is 21.3 Å². The van der Waals surface area contributed by atoms with Crippen molar-refractivity contribution < 1.29 is 9.90 Å². The van der Waals surface area contributed by atoms with Gasteiger partial charge in [0.2, 0.25) is 0 Å². The van der Waals surface area contributed by atoms with Gasteiger partial charge in [0.25, 0.3) is 0 Å². The molecular formula is C20H20N2O2S. The zero-order chi connectivity index (χ0) is 17.6. The van der Waals surface area contributed by atoms with Crippen LogP contribution in [0.5, 0.6) is 0 Å². The number of pyridine rings is 1. The summed E-state index contributed by atoms with van der Waals surface area (Å²) >= 11 is 1.72. The van der Waals surface area contributed by atoms with E-state index in [1.807, 2.05) is 0 Å². The van der Waals surface area contributed by atoms with E-state index in [1.165, 1.54) is 16.0 Å². The smallest absolute Gasteiger partial charge is 0.310 e. The first-order valence-corrected chi connectivity index (χ1v) is 9.31. The van der Waals surface area contributed by atoms with Crippen molar-refractivity contribution in [2.45, 2.75) is 32.7 Å². The molecule has 0 spiro atoms. The van der Waals surface area contributed by atoms with Crippen molar-refractivity contribution >= 4 is 27.5 Å². The highest BCUT2D eigenvalue weighted by Crippen LogP contribution is 2.42. The first-order chi connectivity index (χ1) is 12.1. The maximum Gasteiger partial charge on any atom is 0.310 e. The fraction of sp³-hybridized carbons (Fsp3) is 0.300. The molecule has 0 bridgehead atoms. The molecule has 1 aliphatic rings. The van der Waals surface area contributed by atoms with E-state index in [-0.39, 0.29) is 0 Å². The molecular weight excluding hydrogens is 332 g/mol. The fourth-order valence-corrected chi connectivity index (χ4v) is 4.67. The zero-order valence-electron chi connectivity index (χ0n) is 14.3. The van der Waals surface area contributed by atoms with Crippen LogP contribution in [0.15, 0.2) is 30.5 Å². The van der Waals surface area contributed by atoms with Crippen LogP contribution in [0.1, 0.15) is 34.4 Å². The Balaban J connectivity index is 2.06. The molecule has 3 aromatic rings. The molecule has 0 aliphatic carbocycles. The Morgan fingerprint density at radius 2 is 2.08 bits per heavy atom. The minimum Gasteiger partial charge on any atom is -0.481 e. The number of aliphatic carboxylic acids is 1. The lowest BCUT2D eigenvalue weighted by Gasteiger charge is -2.17. The van der Waals surface area contributed by atoms with E-state index in [1.54, 1.807) is 24.5 Å². The Kier molecular flexibility index (Phi) is 4.06. The highest BCUT2D eigenvalue weighted by atomic mass is 32.1. The number of nitrogens with one attached hydrogen (secondary N) is 1. The van der Waals surface area contributed by atoms with Crippen molar-refractivity contribution in [3.63, 3.8) is 0 Å². The molecule has 0 fully saturated rings. The Bertz CT molecular complexity index is 960. The molecule has 1 unspecified atom stereocenters. The molecule has 0 saturated heterocycles. The van der Waals surface area contributed by atoms with E-state index in [2.05, 4.69) is 41.5 Å². The minimum absolute atomic E-state index is 0.592. The number of fused-ring (bicyclic) bond motifs is 3. The molecule has 1 atom stereocenters. The van der Waals surface area contributed by atoms with Crippen molar-refractivity contribution in [2.75, 3.05) is 6.54 Å². The van der Waals surface area contributed by atoms with Crippen molar-refractivity contribution in [1.82, 2.24) is 10.3 Å². The molecule has 1 aromatic carbocycles. The second-order valence-corrected chi connectivity index (χ2v) is 7.71. The number of aromatic nitrogens is 1. The summed E-state index contributed by atoms with van der Waals surface area (Å²) in [4.78, 5) is 18.6. The summed E-state index contributed by atoms with van der Waals surface area (Å²) in [7, 11) is 0. The maximum absolute atomic E-state index is 11.7. The number of hydrogen-bond acceptors (Lipinski definition) is 4. The first kappa shape index (κ1) is 16.2. The second kappa shape index (κ2) is 6.24. The molecule has 1 aliphatic heterocycles. The van der Waals surface area contributed by atoms with Gasteiger partial charge >= 0.3 is 5.97 Å². The van der Waals surface area contributed by atoms with Crippen LogP contribution in [0.4, 0.5) is 0 Å². The van der Waals surface area contributed by atoms with Gasteiger partial charge in [0.05, 0.1) is 5.92 Å². The summed E-state index contributed by atoms with van der Waals surface area (Å²) in [6.07, 6.45) is 2.71. The number of hydrogen-bond donors (Lipinski definition) is 2. The van der Waals surface area contributed by atoms with Gasteiger partial charge in [-0.1, -0.05) is 29.8 Å². The van der Waals surface area contributed by atoms with Crippen LogP contribution in [-0.2, 0) is 17.8 Å². The summed E-state index contributed by atoms with van der Waals surface area (Å²) in [5, 5.41) is 14.1. The normalized spacial score (nSPS) is 15.1. The zero-order valence-corrected chi connectivity index (χ0v) is 15.1. The third-order valence-electron chi connectivity index (χ3n) is 4.95. The predicted molar refractivity (Wildman–Crippen MR) is 101 cm³/mol. The van der Waals surface area contributed by atoms with Crippen LogP contribution >= 0.6 is 11.3 Å². The molecule has 25 heavy (non-hydrogen) atoms. The van der Waals surface area contributed by atoms with Gasteiger partial charge in [-0.15, -0.1) is 11.3 Å². The lowest BCUT2D eigenvalue weighted by atomic mass is 9.88. The van der Waals surface area contributed by atoms with E-state index in [0.717, 1.165) is 46.4 Å². The largest absolute Gasteiger partial charge is 0.481 e. The number of nitrogens with zero attached hydrogens (tertiary/aromatic N) is 1. The Morgan fingerprint density at radius 1 is 1.32 bits per heavy atom. The number of carboxylic acid groups (broad SMARTS) is 1. The lowest BCUT2D eigenvalue weighted by Crippen LogP contribution is -2.22. The standard InChI is InChI=1S/C20H20N2O2S/c1-11-3-5-13(6-4-11)17-15(12(2)20(23)24)9-22-19-18(17)14-7-8-21-10-16(14)25-19/h3-6,9,12,21H,7-8,10H2,1-2H3,(H,23,24). The van der Waals surface area contributed by atoms with E-state index >= 15 is 0 Å². The van der Waals surface area contributed by atoms with Gasteiger partial charge < -0.3 is 10.4 Å². The van der Waals surface area contributed by atoms with Crippen LogP contribution in [0, 0.1) is 6.92 Å². The van der Waals surface area contributed by atoms with Crippen LogP contribution in [0.2, 0.25) is 0 Å². The molecule has 0 radical (unpaired) electrons. The molecule has 2 aromatic heterocycles. The monoisotopic (exact) mass is 352 g/mol. The van der Waals surface area contributed by atoms with Gasteiger partial charge in [0, 0.05) is 23.0 Å². The lowest BCUT2D eigenvalue weighted by molar-refractivity contribution is -0.138. The SMILES string of the molecule is Cc1ccc(-c2c(C(C)C(=O)O)cnc3sc4c(c23)CCNC4)cc1. The summed E-state index contributed by atoms with van der Waals surface area (Å²) in [6, 6.07) is 8.34. The van der Waals surface area contributed by atoms with Crippen LogP contribution < -0.4 is 5.32 Å². The molecule has 0 saturated carbocycles. The Morgan fingerprint density at radius 3 is 2.80 bits per heavy atom. The van der Waals surface area contributed by atoms with Gasteiger partial charge in [0.15, 0.2) is 0 Å². The third-order valence-corrected chi connectivity index (χ3v) is 6.09. The Labute approximate surface area is 150 Å². The average Bonchev–Trinajstić information content (AvgIpc) is 2.99. The molecule has 0 amide bonds. The van der Waals surface area contributed by atoms with Crippen molar-refractivity contribution in [1.29, 1.82) is 0 Å². The van der Waals surface area contributed by atoms with Crippen LogP contribution in [0.3, 0.4) is 0 Å². The number of carboxylic acids is 1. The molecule has 5 heteroatoms. The van der Waals surface area contributed by atoms with E-state index < -0.39 is 11.9 Å². The summed E-state index contributed by atoms with van der Waals surface area (Å²) in [5.74, 6) is -1.41. The van der Waals surface area contributed by atoms with Crippen molar-refractivity contribution in [2.24, 2.45) is 0 Å². The highest BCUT2D eigenvalue weighted by Gasteiger charge is 2.25. The third kappa shape index (κ3) is 2.73. The minimum atomic E-state index is -0.819.